The fourth-order valence-electron chi connectivity index (χ4n) is 9.69. The standard InChI is InChI=1S/C52H64FN9O4S2/c1-6-30-68(66)59-43-9-7-8-41(46(43)53)47-48(67-50(58-47)52(2,3)4)44-16-23-55-51(57-44)56-38-13-10-35(11-14-38)36-19-26-62(27-20-36)45(64)31-34-17-24-60(25-18-34)39-21-28-61(29-22-39)40-15-12-37(33-63)42(32-40)49(65)54-5/h7-16,23,32-34,36,39,59H,6,17-22,24-31H2,1-5H3,(H,54,65)(H,55,56,57). The third-order valence-corrected chi connectivity index (χ3v) is 16.3. The van der Waals surface area contributed by atoms with Gasteiger partial charge in [0.15, 0.2) is 12.1 Å². The molecule has 16 heteroatoms. The summed E-state index contributed by atoms with van der Waals surface area (Å²) in [5.74, 6) is 1.14. The van der Waals surface area contributed by atoms with Crippen molar-refractivity contribution < 1.29 is 23.0 Å². The summed E-state index contributed by atoms with van der Waals surface area (Å²) < 4.78 is 31.4. The number of thiazole rings is 1. The SMILES string of the molecule is CCCS(=O)Nc1cccc(-c2nc(C(C)(C)C)sc2-c2ccnc(Nc3ccc(C4CCN(C(=O)CC5CCN(C6CCN(c7ccc(C=O)c(C(=O)NC)c7)CC6)CC5)CC4)cc3)n2)c1F. The highest BCUT2D eigenvalue weighted by molar-refractivity contribution is 7.86. The van der Waals surface area contributed by atoms with E-state index in [-0.39, 0.29) is 22.9 Å². The van der Waals surface area contributed by atoms with E-state index in [1.165, 1.54) is 16.9 Å². The molecule has 2 amide bonds. The number of rotatable bonds is 15. The monoisotopic (exact) mass is 961 g/mol. The van der Waals surface area contributed by atoms with Gasteiger partial charge in [-0.25, -0.2) is 23.6 Å². The molecule has 0 spiro atoms. The van der Waals surface area contributed by atoms with Crippen LogP contribution in [0, 0.1) is 11.7 Å². The maximum Gasteiger partial charge on any atom is 0.251 e. The van der Waals surface area contributed by atoms with E-state index in [1.54, 1.807) is 37.5 Å². The maximum absolute atomic E-state index is 16.1. The fraction of sp³-hybridized carbons (Fsp3) is 0.462. The molecule has 3 saturated heterocycles. The van der Waals surface area contributed by atoms with Crippen molar-refractivity contribution in [3.63, 3.8) is 0 Å². The van der Waals surface area contributed by atoms with Crippen LogP contribution in [0.15, 0.2) is 72.9 Å². The van der Waals surface area contributed by atoms with Gasteiger partial charge in [0.2, 0.25) is 11.9 Å². The predicted molar refractivity (Wildman–Crippen MR) is 272 cm³/mol. The van der Waals surface area contributed by atoms with Crippen molar-refractivity contribution in [1.82, 2.24) is 30.1 Å². The lowest BCUT2D eigenvalue weighted by Crippen LogP contribution is -2.48. The first-order valence-corrected chi connectivity index (χ1v) is 26.2. The second-order valence-electron chi connectivity index (χ2n) is 19.3. The van der Waals surface area contributed by atoms with Gasteiger partial charge in [-0.2, -0.15) is 0 Å². The van der Waals surface area contributed by atoms with Gasteiger partial charge in [0.05, 0.1) is 32.5 Å². The van der Waals surface area contributed by atoms with Crippen molar-refractivity contribution in [2.24, 2.45) is 5.92 Å². The molecule has 3 aromatic carbocycles. The Balaban J connectivity index is 0.812. The van der Waals surface area contributed by atoms with Gasteiger partial charge in [-0.15, -0.1) is 11.3 Å². The van der Waals surface area contributed by atoms with Crippen molar-refractivity contribution in [2.45, 2.75) is 96.4 Å². The Morgan fingerprint density at radius 1 is 0.912 bits per heavy atom. The normalized spacial score (nSPS) is 17.2. The van der Waals surface area contributed by atoms with E-state index in [1.807, 2.05) is 37.3 Å². The summed E-state index contributed by atoms with van der Waals surface area (Å²) in [4.78, 5) is 59.5. The Morgan fingerprint density at radius 2 is 1.65 bits per heavy atom. The highest BCUT2D eigenvalue weighted by atomic mass is 32.2. The van der Waals surface area contributed by atoms with E-state index in [9.17, 15) is 18.6 Å². The van der Waals surface area contributed by atoms with Crippen LogP contribution in [0.2, 0.25) is 0 Å². The Morgan fingerprint density at radius 3 is 2.32 bits per heavy atom. The fourth-order valence-corrected chi connectivity index (χ4v) is 11.7. The van der Waals surface area contributed by atoms with E-state index in [4.69, 9.17) is 9.97 Å². The summed E-state index contributed by atoms with van der Waals surface area (Å²) in [5.41, 5.74) is 5.20. The number of anilines is 4. The molecule has 3 fully saturated rings. The van der Waals surface area contributed by atoms with Gasteiger partial charge in [-0.1, -0.05) is 45.9 Å². The molecule has 5 aromatic rings. The van der Waals surface area contributed by atoms with Crippen LogP contribution in [0.5, 0.6) is 0 Å². The minimum atomic E-state index is -1.40. The number of benzene rings is 3. The molecule has 1 unspecified atom stereocenters. The van der Waals surface area contributed by atoms with Crippen LogP contribution in [0.1, 0.15) is 116 Å². The quantitative estimate of drug-likeness (QED) is 0.0866. The van der Waals surface area contributed by atoms with E-state index in [2.05, 4.69) is 67.9 Å². The second kappa shape index (κ2) is 21.8. The molecule has 0 bridgehead atoms. The minimum absolute atomic E-state index is 0.175. The first-order chi connectivity index (χ1) is 32.8. The summed E-state index contributed by atoms with van der Waals surface area (Å²) >= 11 is 1.48. The van der Waals surface area contributed by atoms with Gasteiger partial charge in [0.25, 0.3) is 5.91 Å². The summed E-state index contributed by atoms with van der Waals surface area (Å²) in [7, 11) is 0.180. The number of carbonyl (C=O) groups is 3. The molecule has 360 valence electrons. The van der Waals surface area contributed by atoms with Gasteiger partial charge in [-0.05, 0) is 124 Å². The third-order valence-electron chi connectivity index (χ3n) is 13.6. The zero-order valence-corrected chi connectivity index (χ0v) is 41.5. The summed E-state index contributed by atoms with van der Waals surface area (Å²) in [6.45, 7) is 13.5. The molecule has 5 heterocycles. The Hall–Kier alpha value is -5.58. The molecular weight excluding hydrogens is 898 g/mol. The van der Waals surface area contributed by atoms with Gasteiger partial charge >= 0.3 is 0 Å². The molecule has 3 aliphatic heterocycles. The molecule has 68 heavy (non-hydrogen) atoms. The maximum atomic E-state index is 16.1. The van der Waals surface area contributed by atoms with E-state index < -0.39 is 16.8 Å². The molecule has 0 radical (unpaired) electrons. The molecule has 8 rings (SSSR count). The largest absolute Gasteiger partial charge is 0.371 e. The first kappa shape index (κ1) is 48.9. The smallest absolute Gasteiger partial charge is 0.251 e. The summed E-state index contributed by atoms with van der Waals surface area (Å²) in [6.07, 6.45) is 9.80. The number of amides is 2. The second-order valence-corrected chi connectivity index (χ2v) is 21.6. The lowest BCUT2D eigenvalue weighted by Gasteiger charge is -2.42. The molecule has 2 aromatic heterocycles. The lowest BCUT2D eigenvalue weighted by molar-refractivity contribution is -0.133. The van der Waals surface area contributed by atoms with Crippen LogP contribution in [-0.2, 0) is 21.2 Å². The zero-order valence-electron chi connectivity index (χ0n) is 39.9. The number of halogens is 1. The van der Waals surface area contributed by atoms with Gasteiger partial charge in [0.1, 0.15) is 11.0 Å². The van der Waals surface area contributed by atoms with Crippen molar-refractivity contribution in [3.05, 3.63) is 100 Å². The number of aromatic nitrogens is 3. The molecule has 13 nitrogen and oxygen atoms in total. The minimum Gasteiger partial charge on any atom is -0.371 e. The van der Waals surface area contributed by atoms with E-state index in [0.717, 1.165) is 105 Å². The van der Waals surface area contributed by atoms with Crippen molar-refractivity contribution in [3.8, 4) is 21.8 Å². The number of nitrogens with one attached hydrogen (secondary N) is 3. The van der Waals surface area contributed by atoms with Crippen LogP contribution >= 0.6 is 11.3 Å². The summed E-state index contributed by atoms with van der Waals surface area (Å²) in [6, 6.07) is 21.3. The number of carbonyl (C=O) groups excluding carboxylic acids is 3. The van der Waals surface area contributed by atoms with Crippen molar-refractivity contribution >= 4 is 63.4 Å². The first-order valence-electron chi connectivity index (χ1n) is 24.1. The van der Waals surface area contributed by atoms with Gasteiger partial charge in [-0.3, -0.25) is 14.4 Å². The molecule has 0 saturated carbocycles. The van der Waals surface area contributed by atoms with Crippen molar-refractivity contribution in [2.75, 3.05) is 67.0 Å². The Kier molecular flexibility index (Phi) is 15.7. The van der Waals surface area contributed by atoms with E-state index >= 15 is 4.39 Å². The average molecular weight is 962 g/mol. The molecular formula is C52H64FN9O4S2. The van der Waals surface area contributed by atoms with Crippen LogP contribution in [-0.4, -0.2) is 105 Å². The highest BCUT2D eigenvalue weighted by Crippen LogP contribution is 2.42. The molecule has 3 N–H and O–H groups in total. The molecule has 1 atom stereocenters. The molecule has 0 aliphatic carbocycles. The highest BCUT2D eigenvalue weighted by Gasteiger charge is 2.32. The van der Waals surface area contributed by atoms with Gasteiger partial charge in [0, 0.05) is 85.6 Å². The van der Waals surface area contributed by atoms with Gasteiger partial charge < -0.3 is 30.1 Å². The number of nitrogens with zero attached hydrogens (tertiary/aromatic N) is 6. The van der Waals surface area contributed by atoms with Crippen molar-refractivity contribution in [1.29, 1.82) is 0 Å². The third kappa shape index (κ3) is 11.5. The zero-order chi connectivity index (χ0) is 48.0. The number of aldehydes is 1. The van der Waals surface area contributed by atoms with Crippen LogP contribution in [0.4, 0.5) is 27.4 Å². The van der Waals surface area contributed by atoms with E-state index in [0.29, 0.717) is 70.5 Å². The average Bonchev–Trinajstić information content (AvgIpc) is 3.82. The Labute approximate surface area is 406 Å². The topological polar surface area (TPSA) is 153 Å². The van der Waals surface area contributed by atoms with Crippen LogP contribution in [0.25, 0.3) is 21.8 Å². The number of piperidine rings is 3. The lowest BCUT2D eigenvalue weighted by atomic mass is 9.88. The number of likely N-dealkylation sites (tertiary alicyclic amines) is 2. The van der Waals surface area contributed by atoms with Crippen LogP contribution in [0.3, 0.4) is 0 Å². The summed E-state index contributed by atoms with van der Waals surface area (Å²) in [5, 5.41) is 6.84. The number of hydrogen-bond acceptors (Lipinski definition) is 11. The Bertz CT molecular complexity index is 2590. The van der Waals surface area contributed by atoms with Crippen LogP contribution < -0.4 is 20.3 Å². The predicted octanol–water partition coefficient (Wildman–Crippen LogP) is 9.58. The molecule has 3 aliphatic rings. The number of hydrogen-bond donors (Lipinski definition) is 3.